The molecule has 0 bridgehead atoms. The second-order valence-corrected chi connectivity index (χ2v) is 5.00. The van der Waals surface area contributed by atoms with Gasteiger partial charge in [0, 0.05) is 44.9 Å². The summed E-state index contributed by atoms with van der Waals surface area (Å²) >= 11 is 0. The van der Waals surface area contributed by atoms with Gasteiger partial charge >= 0.3 is 5.69 Å². The van der Waals surface area contributed by atoms with Crippen molar-refractivity contribution in [1.82, 2.24) is 10.2 Å². The molecule has 1 heterocycles. The lowest BCUT2D eigenvalue weighted by Gasteiger charge is -2.35. The number of nitrogens with zero attached hydrogens (tertiary/aromatic N) is 2. The van der Waals surface area contributed by atoms with E-state index in [4.69, 9.17) is 4.74 Å². The van der Waals surface area contributed by atoms with Crippen LogP contribution in [0.5, 0.6) is 5.75 Å². The van der Waals surface area contributed by atoms with Gasteiger partial charge in [-0.05, 0) is 18.1 Å². The van der Waals surface area contributed by atoms with Crippen LogP contribution in [0.2, 0.25) is 0 Å². The highest BCUT2D eigenvalue weighted by molar-refractivity contribution is 5.85. The van der Waals surface area contributed by atoms with Crippen LogP contribution in [-0.2, 0) is 0 Å². The first kappa shape index (κ1) is 18.6. The Labute approximate surface area is 135 Å². The van der Waals surface area contributed by atoms with Gasteiger partial charge in [-0.3, -0.25) is 15.0 Å². The van der Waals surface area contributed by atoms with Crippen LogP contribution in [0, 0.1) is 10.1 Å². The molecule has 0 radical (unpaired) electrons. The van der Waals surface area contributed by atoms with Crippen molar-refractivity contribution < 1.29 is 14.8 Å². The summed E-state index contributed by atoms with van der Waals surface area (Å²) in [5, 5.41) is 23.7. The molecule has 7 nitrogen and oxygen atoms in total. The number of hydrogen-bond donors (Lipinski definition) is 2. The highest BCUT2D eigenvalue weighted by Gasteiger charge is 2.25. The molecule has 0 spiro atoms. The van der Waals surface area contributed by atoms with E-state index in [2.05, 4.69) is 10.2 Å². The van der Waals surface area contributed by atoms with Crippen LogP contribution in [0.3, 0.4) is 0 Å². The zero-order valence-corrected chi connectivity index (χ0v) is 13.3. The van der Waals surface area contributed by atoms with Crippen LogP contribution in [0.4, 0.5) is 5.69 Å². The quantitative estimate of drug-likeness (QED) is 0.604. The molecular weight excluding hydrogens is 310 g/mol. The monoisotopic (exact) mass is 331 g/mol. The maximum Gasteiger partial charge on any atom is 0.311 e. The molecule has 22 heavy (non-hydrogen) atoms. The molecule has 1 fully saturated rings. The zero-order valence-electron chi connectivity index (χ0n) is 12.5. The zero-order chi connectivity index (χ0) is 15.2. The number of benzene rings is 1. The molecule has 0 aromatic heterocycles. The van der Waals surface area contributed by atoms with E-state index in [0.29, 0.717) is 6.42 Å². The lowest BCUT2D eigenvalue weighted by Crippen LogP contribution is -2.45. The minimum atomic E-state index is -0.434. The highest BCUT2D eigenvalue weighted by atomic mass is 35.5. The number of hydrogen-bond acceptors (Lipinski definition) is 6. The molecule has 0 amide bonds. The van der Waals surface area contributed by atoms with Crippen molar-refractivity contribution in [2.45, 2.75) is 12.5 Å². The van der Waals surface area contributed by atoms with Crippen molar-refractivity contribution in [3.8, 4) is 5.75 Å². The van der Waals surface area contributed by atoms with E-state index in [0.717, 1.165) is 31.7 Å². The van der Waals surface area contributed by atoms with Crippen molar-refractivity contribution in [2.24, 2.45) is 0 Å². The number of nitro groups is 1. The van der Waals surface area contributed by atoms with Gasteiger partial charge in [0.1, 0.15) is 0 Å². The van der Waals surface area contributed by atoms with Crippen LogP contribution in [0.25, 0.3) is 0 Å². The van der Waals surface area contributed by atoms with E-state index in [1.807, 2.05) is 6.07 Å². The van der Waals surface area contributed by atoms with E-state index in [1.165, 1.54) is 7.11 Å². The maximum absolute atomic E-state index is 11.1. The standard InChI is InChI=1S/C14H21N3O4.ClH/c1-21-14-3-2-11(10-13(14)17(19)20)12(4-9-18)16-7-5-15-6-8-16;/h2-3,10,12,15,18H,4-9H2,1H3;1H/t12-;/m1./s1. The van der Waals surface area contributed by atoms with Gasteiger partial charge in [0.25, 0.3) is 0 Å². The van der Waals surface area contributed by atoms with E-state index in [1.54, 1.807) is 12.1 Å². The van der Waals surface area contributed by atoms with Crippen LogP contribution in [-0.4, -0.2) is 54.8 Å². The summed E-state index contributed by atoms with van der Waals surface area (Å²) in [6.07, 6.45) is 0.559. The average molecular weight is 332 g/mol. The molecule has 2 rings (SSSR count). The summed E-state index contributed by atoms with van der Waals surface area (Å²) < 4.78 is 5.03. The largest absolute Gasteiger partial charge is 0.490 e. The van der Waals surface area contributed by atoms with Gasteiger partial charge in [-0.1, -0.05) is 6.07 Å². The van der Waals surface area contributed by atoms with Gasteiger partial charge in [0.15, 0.2) is 5.75 Å². The van der Waals surface area contributed by atoms with Gasteiger partial charge in [0.2, 0.25) is 0 Å². The predicted molar refractivity (Wildman–Crippen MR) is 85.8 cm³/mol. The van der Waals surface area contributed by atoms with Crippen molar-refractivity contribution in [3.63, 3.8) is 0 Å². The number of rotatable bonds is 6. The molecule has 124 valence electrons. The molecule has 2 N–H and O–H groups in total. The van der Waals surface area contributed by atoms with E-state index >= 15 is 0 Å². The van der Waals surface area contributed by atoms with Crippen LogP contribution >= 0.6 is 12.4 Å². The van der Waals surface area contributed by atoms with Gasteiger partial charge in [-0.25, -0.2) is 0 Å². The first-order valence-electron chi connectivity index (χ1n) is 7.05. The summed E-state index contributed by atoms with van der Waals surface area (Å²) in [6.45, 7) is 3.56. The average Bonchev–Trinajstić information content (AvgIpc) is 2.52. The lowest BCUT2D eigenvalue weighted by atomic mass is 10.0. The van der Waals surface area contributed by atoms with E-state index in [9.17, 15) is 15.2 Å². The molecular formula is C14H22ClN3O4. The molecule has 1 saturated heterocycles. The number of halogens is 1. The van der Waals surface area contributed by atoms with Gasteiger partial charge < -0.3 is 15.2 Å². The number of piperazine rings is 1. The van der Waals surface area contributed by atoms with E-state index < -0.39 is 4.92 Å². The molecule has 1 aromatic carbocycles. The van der Waals surface area contributed by atoms with Crippen molar-refractivity contribution in [2.75, 3.05) is 39.9 Å². The number of methoxy groups -OCH3 is 1. The minimum Gasteiger partial charge on any atom is -0.490 e. The molecule has 0 aliphatic carbocycles. The second-order valence-electron chi connectivity index (χ2n) is 5.00. The normalized spacial score (nSPS) is 16.6. The maximum atomic E-state index is 11.1. The highest BCUT2D eigenvalue weighted by Crippen LogP contribution is 2.33. The summed E-state index contributed by atoms with van der Waals surface area (Å²) in [5.41, 5.74) is 0.812. The Morgan fingerprint density at radius 3 is 2.68 bits per heavy atom. The number of ether oxygens (including phenoxy) is 1. The molecule has 1 aliphatic rings. The van der Waals surface area contributed by atoms with Gasteiger partial charge in [-0.15, -0.1) is 12.4 Å². The SMILES string of the molecule is COc1ccc([C@@H](CCO)N2CCNCC2)cc1[N+](=O)[O-].Cl. The third kappa shape index (κ3) is 4.30. The fraction of sp³-hybridized carbons (Fsp3) is 0.571. The molecule has 0 saturated carbocycles. The van der Waals surface area contributed by atoms with E-state index in [-0.39, 0.29) is 36.5 Å². The minimum absolute atomic E-state index is 0. The van der Waals surface area contributed by atoms with Crippen molar-refractivity contribution in [3.05, 3.63) is 33.9 Å². The van der Waals surface area contributed by atoms with Crippen LogP contribution in [0.1, 0.15) is 18.0 Å². The number of aliphatic hydroxyl groups is 1. The summed E-state index contributed by atoms with van der Waals surface area (Å²) in [4.78, 5) is 13.0. The fourth-order valence-corrected chi connectivity index (χ4v) is 2.73. The molecule has 1 atom stereocenters. The van der Waals surface area contributed by atoms with Gasteiger partial charge in [0.05, 0.1) is 12.0 Å². The smallest absolute Gasteiger partial charge is 0.311 e. The first-order valence-corrected chi connectivity index (χ1v) is 7.05. The Morgan fingerprint density at radius 1 is 1.45 bits per heavy atom. The number of nitro benzene ring substituents is 1. The molecule has 8 heteroatoms. The third-order valence-corrected chi connectivity index (χ3v) is 3.78. The topological polar surface area (TPSA) is 87.9 Å². The van der Waals surface area contributed by atoms with Crippen molar-refractivity contribution in [1.29, 1.82) is 0 Å². The van der Waals surface area contributed by atoms with Crippen molar-refractivity contribution >= 4 is 18.1 Å². The summed E-state index contributed by atoms with van der Waals surface area (Å²) in [6, 6.07) is 5.01. The number of nitrogens with one attached hydrogen (secondary N) is 1. The Kier molecular flexibility index (Phi) is 7.53. The van der Waals surface area contributed by atoms with Crippen LogP contribution in [0.15, 0.2) is 18.2 Å². The Bertz CT molecular complexity index is 495. The van der Waals surface area contributed by atoms with Crippen LogP contribution < -0.4 is 10.1 Å². The Hall–Kier alpha value is -1.41. The third-order valence-electron chi connectivity index (χ3n) is 3.78. The lowest BCUT2D eigenvalue weighted by molar-refractivity contribution is -0.385. The summed E-state index contributed by atoms with van der Waals surface area (Å²) in [7, 11) is 1.42. The number of aliphatic hydroxyl groups excluding tert-OH is 1. The van der Waals surface area contributed by atoms with Gasteiger partial charge in [-0.2, -0.15) is 0 Å². The predicted octanol–water partition coefficient (Wildman–Crippen LogP) is 1.35. The Morgan fingerprint density at radius 2 is 2.14 bits per heavy atom. The molecule has 1 aliphatic heterocycles. The Balaban J connectivity index is 0.00000242. The summed E-state index contributed by atoms with van der Waals surface area (Å²) in [5.74, 6) is 0.256. The second kappa shape index (κ2) is 8.89. The molecule has 0 unspecified atom stereocenters. The fourth-order valence-electron chi connectivity index (χ4n) is 2.73. The first-order chi connectivity index (χ1) is 10.2. The molecule has 1 aromatic rings.